The standard InChI is InChI=1S/C21H27N3O6S/c25-20-11-15(13-24(20)16-1-2-18-19(12-16)30-9-8-29-18)21(26)23-6-4-22(5-7-23)17-3-10-31(27,28)14-17/h1-2,12,15,17H,3-11,13-14H2/t15-,17-/m0/s1. The van der Waals surface area contributed by atoms with E-state index in [4.69, 9.17) is 9.47 Å². The number of anilines is 1. The summed E-state index contributed by atoms with van der Waals surface area (Å²) in [4.78, 5) is 31.4. The number of fused-ring (bicyclic) bond motifs is 1. The molecule has 4 heterocycles. The number of rotatable bonds is 3. The van der Waals surface area contributed by atoms with Gasteiger partial charge in [-0.3, -0.25) is 14.5 Å². The molecule has 0 aliphatic carbocycles. The van der Waals surface area contributed by atoms with E-state index in [0.717, 1.165) is 5.69 Å². The fourth-order valence-corrected chi connectivity index (χ4v) is 6.71. The molecule has 2 amide bonds. The predicted octanol–water partition coefficient (Wildman–Crippen LogP) is 0.142. The van der Waals surface area contributed by atoms with Crippen molar-refractivity contribution in [3.8, 4) is 11.5 Å². The van der Waals surface area contributed by atoms with Gasteiger partial charge in [-0.25, -0.2) is 8.42 Å². The van der Waals surface area contributed by atoms with Crippen LogP contribution in [0.25, 0.3) is 0 Å². The second-order valence-electron chi connectivity index (χ2n) is 8.65. The summed E-state index contributed by atoms with van der Waals surface area (Å²) in [6.07, 6.45) is 0.881. The van der Waals surface area contributed by atoms with Crippen molar-refractivity contribution < 1.29 is 27.5 Å². The van der Waals surface area contributed by atoms with Crippen LogP contribution < -0.4 is 14.4 Å². The molecule has 31 heavy (non-hydrogen) atoms. The minimum atomic E-state index is -2.91. The van der Waals surface area contributed by atoms with E-state index in [0.29, 0.717) is 63.9 Å². The largest absolute Gasteiger partial charge is 0.486 e. The SMILES string of the molecule is O=C([C@H]1CC(=O)N(c2ccc3c(c2)OCCO3)C1)N1CCN([C@H]2CCS(=O)(=O)C2)CC1. The third-order valence-corrected chi connectivity index (χ3v) is 8.41. The molecule has 1 aromatic rings. The number of ether oxygens (including phenoxy) is 2. The molecule has 2 atom stereocenters. The Bertz CT molecular complexity index is 989. The van der Waals surface area contributed by atoms with Crippen molar-refractivity contribution in [1.29, 1.82) is 0 Å². The Labute approximate surface area is 181 Å². The van der Waals surface area contributed by atoms with E-state index < -0.39 is 9.84 Å². The van der Waals surface area contributed by atoms with Gasteiger partial charge in [0.1, 0.15) is 13.2 Å². The average Bonchev–Trinajstić information content (AvgIpc) is 3.35. The van der Waals surface area contributed by atoms with Gasteiger partial charge in [0.25, 0.3) is 0 Å². The van der Waals surface area contributed by atoms with Gasteiger partial charge in [0.05, 0.1) is 17.4 Å². The normalized spacial score (nSPS) is 28.2. The van der Waals surface area contributed by atoms with Crippen molar-refractivity contribution >= 4 is 27.3 Å². The Balaban J connectivity index is 1.19. The first-order chi connectivity index (χ1) is 14.9. The summed E-state index contributed by atoms with van der Waals surface area (Å²) in [6.45, 7) is 3.85. The molecule has 0 N–H and O–H groups in total. The fourth-order valence-electron chi connectivity index (χ4n) is 4.95. The highest BCUT2D eigenvalue weighted by atomic mass is 32.2. The van der Waals surface area contributed by atoms with Crippen LogP contribution in [0, 0.1) is 5.92 Å². The van der Waals surface area contributed by atoms with E-state index in [1.807, 2.05) is 11.0 Å². The third kappa shape index (κ3) is 4.10. The second kappa shape index (κ2) is 7.98. The van der Waals surface area contributed by atoms with Gasteiger partial charge in [0, 0.05) is 56.9 Å². The molecule has 0 spiro atoms. The van der Waals surface area contributed by atoms with Crippen molar-refractivity contribution in [1.82, 2.24) is 9.80 Å². The van der Waals surface area contributed by atoms with E-state index in [2.05, 4.69) is 4.90 Å². The van der Waals surface area contributed by atoms with Gasteiger partial charge in [-0.2, -0.15) is 0 Å². The van der Waals surface area contributed by atoms with Crippen LogP contribution in [0.1, 0.15) is 12.8 Å². The smallest absolute Gasteiger partial charge is 0.228 e. The van der Waals surface area contributed by atoms with E-state index in [9.17, 15) is 18.0 Å². The van der Waals surface area contributed by atoms with Crippen LogP contribution in [-0.2, 0) is 19.4 Å². The Morgan fingerprint density at radius 1 is 1.03 bits per heavy atom. The molecule has 168 valence electrons. The lowest BCUT2D eigenvalue weighted by Crippen LogP contribution is -2.53. The maximum Gasteiger partial charge on any atom is 0.228 e. The summed E-state index contributed by atoms with van der Waals surface area (Å²) >= 11 is 0. The lowest BCUT2D eigenvalue weighted by Gasteiger charge is -2.38. The number of benzene rings is 1. The highest BCUT2D eigenvalue weighted by Gasteiger charge is 2.39. The van der Waals surface area contributed by atoms with E-state index >= 15 is 0 Å². The first-order valence-electron chi connectivity index (χ1n) is 10.8. The van der Waals surface area contributed by atoms with Crippen LogP contribution in [0.3, 0.4) is 0 Å². The number of piperazine rings is 1. The zero-order valence-corrected chi connectivity index (χ0v) is 18.2. The average molecular weight is 450 g/mol. The topological polar surface area (TPSA) is 96.5 Å². The first-order valence-corrected chi connectivity index (χ1v) is 12.6. The molecule has 10 heteroatoms. The van der Waals surface area contributed by atoms with Crippen LogP contribution >= 0.6 is 0 Å². The van der Waals surface area contributed by atoms with E-state index in [-0.39, 0.29) is 41.7 Å². The Hall–Kier alpha value is -2.33. The fraction of sp³-hybridized carbons (Fsp3) is 0.619. The highest BCUT2D eigenvalue weighted by Crippen LogP contribution is 2.36. The van der Waals surface area contributed by atoms with Crippen LogP contribution in [-0.4, -0.2) is 93.5 Å². The molecule has 0 radical (unpaired) electrons. The van der Waals surface area contributed by atoms with Gasteiger partial charge < -0.3 is 19.3 Å². The highest BCUT2D eigenvalue weighted by molar-refractivity contribution is 7.91. The molecular weight excluding hydrogens is 422 g/mol. The molecule has 0 unspecified atom stereocenters. The third-order valence-electron chi connectivity index (χ3n) is 6.66. The maximum atomic E-state index is 13.1. The Kier molecular flexibility index (Phi) is 5.29. The molecule has 3 fully saturated rings. The van der Waals surface area contributed by atoms with Crippen LogP contribution in [0.15, 0.2) is 18.2 Å². The lowest BCUT2D eigenvalue weighted by molar-refractivity contribution is -0.137. The van der Waals surface area contributed by atoms with Crippen molar-refractivity contribution in [3.63, 3.8) is 0 Å². The molecule has 4 aliphatic heterocycles. The van der Waals surface area contributed by atoms with Gasteiger partial charge in [0.15, 0.2) is 21.3 Å². The molecule has 0 aromatic heterocycles. The van der Waals surface area contributed by atoms with Crippen LogP contribution in [0.5, 0.6) is 11.5 Å². The van der Waals surface area contributed by atoms with E-state index in [1.54, 1.807) is 17.0 Å². The van der Waals surface area contributed by atoms with Gasteiger partial charge in [0.2, 0.25) is 11.8 Å². The van der Waals surface area contributed by atoms with Gasteiger partial charge >= 0.3 is 0 Å². The minimum absolute atomic E-state index is 0.00656. The van der Waals surface area contributed by atoms with Crippen LogP contribution in [0.4, 0.5) is 5.69 Å². The minimum Gasteiger partial charge on any atom is -0.486 e. The number of hydrogen-bond donors (Lipinski definition) is 0. The molecule has 9 nitrogen and oxygen atoms in total. The summed E-state index contributed by atoms with van der Waals surface area (Å²) in [7, 11) is -2.91. The van der Waals surface area contributed by atoms with Gasteiger partial charge in [-0.05, 0) is 18.6 Å². The molecule has 0 bridgehead atoms. The zero-order chi connectivity index (χ0) is 21.6. The number of sulfone groups is 1. The van der Waals surface area contributed by atoms with Gasteiger partial charge in [-0.15, -0.1) is 0 Å². The molecule has 4 aliphatic rings. The predicted molar refractivity (Wildman–Crippen MR) is 113 cm³/mol. The molecular formula is C21H27N3O6S. The second-order valence-corrected chi connectivity index (χ2v) is 10.9. The van der Waals surface area contributed by atoms with Crippen LogP contribution in [0.2, 0.25) is 0 Å². The number of hydrogen-bond acceptors (Lipinski definition) is 7. The van der Waals surface area contributed by atoms with Gasteiger partial charge in [-0.1, -0.05) is 0 Å². The number of carbonyl (C=O) groups is 2. The maximum absolute atomic E-state index is 13.1. The quantitative estimate of drug-likeness (QED) is 0.648. The monoisotopic (exact) mass is 449 g/mol. The number of carbonyl (C=O) groups excluding carboxylic acids is 2. The zero-order valence-electron chi connectivity index (χ0n) is 17.4. The van der Waals surface area contributed by atoms with Crippen molar-refractivity contribution in [3.05, 3.63) is 18.2 Å². The molecule has 1 aromatic carbocycles. The summed E-state index contributed by atoms with van der Waals surface area (Å²) in [5.74, 6) is 1.36. The summed E-state index contributed by atoms with van der Waals surface area (Å²) in [5, 5.41) is 0. The number of nitrogens with zero attached hydrogens (tertiary/aromatic N) is 3. The van der Waals surface area contributed by atoms with E-state index in [1.165, 1.54) is 0 Å². The Morgan fingerprint density at radius 3 is 2.48 bits per heavy atom. The lowest BCUT2D eigenvalue weighted by atomic mass is 10.1. The first kappa shape index (κ1) is 20.6. The molecule has 3 saturated heterocycles. The van der Waals surface area contributed by atoms with Crippen molar-refractivity contribution in [2.24, 2.45) is 5.92 Å². The summed E-state index contributed by atoms with van der Waals surface area (Å²) in [5.41, 5.74) is 0.719. The summed E-state index contributed by atoms with van der Waals surface area (Å²) < 4.78 is 34.6. The van der Waals surface area contributed by atoms with Crippen molar-refractivity contribution in [2.75, 3.05) is 62.3 Å². The summed E-state index contributed by atoms with van der Waals surface area (Å²) in [6, 6.07) is 5.50. The Morgan fingerprint density at radius 2 is 1.77 bits per heavy atom. The number of amides is 2. The molecule has 0 saturated carbocycles. The van der Waals surface area contributed by atoms with Crippen molar-refractivity contribution in [2.45, 2.75) is 18.9 Å². The molecule has 5 rings (SSSR count).